The SMILES string of the molecule is CCCCCCCCCCCCCCCCCCCCC(=O)OC[C@H](COP(=O)(O)OC[C@@H](O)COP(=O)(O)OC[C@@H](COC(=O)CCCCCCCCCCCCCC)OC(=O)CCCCCCCCCCCCC(C)CC)OC(=O)CCCCCCCCCCCCCCCCCCCCC(C)CC. The quantitative estimate of drug-likeness (QED) is 0.0222. The average Bonchev–Trinajstić information content (AvgIpc) is 0.908. The van der Waals surface area contributed by atoms with Gasteiger partial charge in [0, 0.05) is 25.7 Å². The highest BCUT2D eigenvalue weighted by Gasteiger charge is 2.30. The van der Waals surface area contributed by atoms with Crippen LogP contribution in [0.1, 0.15) is 465 Å². The first kappa shape index (κ1) is 104. The Balaban J connectivity index is 5.24. The van der Waals surface area contributed by atoms with Gasteiger partial charge in [-0.25, -0.2) is 9.13 Å². The maximum absolute atomic E-state index is 13.2. The fraction of sp³-hybridized carbons (Fsp3) is 0.954. The van der Waals surface area contributed by atoms with Gasteiger partial charge in [0.15, 0.2) is 12.2 Å². The molecule has 0 aliphatic heterocycles. The Morgan fingerprint density at radius 2 is 0.453 bits per heavy atom. The number of carbonyl (C=O) groups excluding carboxylic acids is 4. The van der Waals surface area contributed by atoms with Gasteiger partial charge in [-0.2, -0.15) is 0 Å². The van der Waals surface area contributed by atoms with Crippen molar-refractivity contribution in [3.05, 3.63) is 0 Å². The van der Waals surface area contributed by atoms with Crippen LogP contribution in [-0.2, 0) is 65.4 Å². The zero-order valence-corrected chi connectivity index (χ0v) is 71.5. The third kappa shape index (κ3) is 77.4. The molecule has 0 rings (SSSR count). The minimum Gasteiger partial charge on any atom is -0.462 e. The molecule has 0 fully saturated rings. The Morgan fingerprint density at radius 1 is 0.264 bits per heavy atom. The van der Waals surface area contributed by atoms with Gasteiger partial charge in [-0.1, -0.05) is 414 Å². The van der Waals surface area contributed by atoms with Crippen LogP contribution in [0.25, 0.3) is 0 Å². The van der Waals surface area contributed by atoms with Crippen molar-refractivity contribution in [2.24, 2.45) is 11.8 Å². The largest absolute Gasteiger partial charge is 0.472 e. The highest BCUT2D eigenvalue weighted by atomic mass is 31.2. The van der Waals surface area contributed by atoms with Gasteiger partial charge in [0.2, 0.25) is 0 Å². The number of hydrogen-bond donors (Lipinski definition) is 3. The second-order valence-electron chi connectivity index (χ2n) is 31.8. The smallest absolute Gasteiger partial charge is 0.462 e. The lowest BCUT2D eigenvalue weighted by Gasteiger charge is -2.21. The summed E-state index contributed by atoms with van der Waals surface area (Å²) in [5.41, 5.74) is 0. The van der Waals surface area contributed by atoms with E-state index in [9.17, 15) is 43.2 Å². The standard InChI is InChI=1S/C87H170O17P2/c1-7-11-13-15-17-19-21-23-24-25-29-32-35-39-46-52-58-64-70-85(90)98-75-82(103-86(91)71-65-59-53-47-40-36-33-30-27-26-28-31-34-37-43-49-55-61-67-79(5)9-3)77-101-105(93,94)99-73-81(88)74-100-106(95,96)102-78-83(76-97-84(89)69-63-57-51-45-38-22-20-18-16-14-12-8-2)104-87(92)72-66-60-54-48-42-41-44-50-56-62-68-80(6)10-4/h79-83,88H,7-78H2,1-6H3,(H,93,94)(H,95,96)/t79?,80?,81-,82-,83-/m1/s1. The molecule has 0 saturated heterocycles. The third-order valence-corrected chi connectivity index (χ3v) is 23.1. The highest BCUT2D eigenvalue weighted by molar-refractivity contribution is 7.47. The van der Waals surface area contributed by atoms with Crippen LogP contribution < -0.4 is 0 Å². The summed E-state index contributed by atoms with van der Waals surface area (Å²) in [6, 6.07) is 0. The van der Waals surface area contributed by atoms with Crippen LogP contribution in [0.5, 0.6) is 0 Å². The van der Waals surface area contributed by atoms with Crippen molar-refractivity contribution in [1.82, 2.24) is 0 Å². The number of aliphatic hydroxyl groups is 1. The second-order valence-corrected chi connectivity index (χ2v) is 34.7. The molecule has 0 radical (unpaired) electrons. The van der Waals surface area contributed by atoms with Crippen molar-refractivity contribution in [2.45, 2.75) is 484 Å². The van der Waals surface area contributed by atoms with Gasteiger partial charge >= 0.3 is 39.5 Å². The van der Waals surface area contributed by atoms with Crippen LogP contribution in [0, 0.1) is 11.8 Å². The molecule has 0 aliphatic carbocycles. The number of esters is 4. The lowest BCUT2D eigenvalue weighted by Crippen LogP contribution is -2.30. The molecule has 106 heavy (non-hydrogen) atoms. The van der Waals surface area contributed by atoms with E-state index in [0.717, 1.165) is 102 Å². The fourth-order valence-electron chi connectivity index (χ4n) is 13.5. The highest BCUT2D eigenvalue weighted by Crippen LogP contribution is 2.45. The summed E-state index contributed by atoms with van der Waals surface area (Å²) in [5.74, 6) is -0.426. The Bertz CT molecular complexity index is 2030. The summed E-state index contributed by atoms with van der Waals surface area (Å²) in [6.45, 7) is 9.77. The van der Waals surface area contributed by atoms with Gasteiger partial charge in [0.05, 0.1) is 26.4 Å². The predicted octanol–water partition coefficient (Wildman–Crippen LogP) is 26.6. The summed E-state index contributed by atoms with van der Waals surface area (Å²) >= 11 is 0. The molecule has 0 bridgehead atoms. The molecular formula is C87H170O17P2. The number of phosphoric ester groups is 2. The average molecular weight is 1550 g/mol. The number of rotatable bonds is 86. The number of carbonyl (C=O) groups is 4. The maximum atomic E-state index is 13.2. The molecule has 0 heterocycles. The van der Waals surface area contributed by atoms with Crippen LogP contribution >= 0.6 is 15.6 Å². The number of unbranched alkanes of at least 4 members (excludes halogenated alkanes) is 54. The van der Waals surface area contributed by atoms with E-state index in [1.807, 2.05) is 0 Å². The van der Waals surface area contributed by atoms with E-state index in [-0.39, 0.29) is 25.7 Å². The fourth-order valence-corrected chi connectivity index (χ4v) is 15.1. The van der Waals surface area contributed by atoms with Crippen LogP contribution in [0.2, 0.25) is 0 Å². The van der Waals surface area contributed by atoms with Crippen molar-refractivity contribution in [3.8, 4) is 0 Å². The number of phosphoric acid groups is 2. The van der Waals surface area contributed by atoms with Crippen molar-refractivity contribution < 1.29 is 80.2 Å². The molecule has 0 amide bonds. The van der Waals surface area contributed by atoms with Gasteiger partial charge in [0.1, 0.15) is 19.3 Å². The molecule has 0 aliphatic rings. The van der Waals surface area contributed by atoms with Gasteiger partial charge in [0.25, 0.3) is 0 Å². The normalized spacial score (nSPS) is 14.3. The van der Waals surface area contributed by atoms with E-state index in [4.69, 9.17) is 37.0 Å². The number of hydrogen-bond acceptors (Lipinski definition) is 15. The molecule has 3 N–H and O–H groups in total. The van der Waals surface area contributed by atoms with Crippen LogP contribution in [0.15, 0.2) is 0 Å². The summed E-state index contributed by atoms with van der Waals surface area (Å²) in [4.78, 5) is 73.3. The molecule has 0 aromatic rings. The number of ether oxygens (including phenoxy) is 4. The molecule has 0 spiro atoms. The zero-order valence-electron chi connectivity index (χ0n) is 69.7. The van der Waals surface area contributed by atoms with Gasteiger partial charge in [-0.15, -0.1) is 0 Å². The zero-order chi connectivity index (χ0) is 77.8. The summed E-state index contributed by atoms with van der Waals surface area (Å²) in [7, 11) is -9.93. The van der Waals surface area contributed by atoms with Crippen LogP contribution in [0.3, 0.4) is 0 Å². The molecule has 0 aromatic carbocycles. The maximum Gasteiger partial charge on any atom is 0.472 e. The monoisotopic (exact) mass is 1550 g/mol. The molecule has 19 heteroatoms. The lowest BCUT2D eigenvalue weighted by atomic mass is 9.99. The summed E-state index contributed by atoms with van der Waals surface area (Å²) in [5, 5.41) is 10.7. The molecule has 630 valence electrons. The van der Waals surface area contributed by atoms with Crippen molar-refractivity contribution in [2.75, 3.05) is 39.6 Å². The Labute approximate surface area is 651 Å². The minimum atomic E-state index is -4.97. The van der Waals surface area contributed by atoms with E-state index >= 15 is 0 Å². The van der Waals surface area contributed by atoms with E-state index < -0.39 is 97.5 Å². The van der Waals surface area contributed by atoms with Gasteiger partial charge < -0.3 is 33.8 Å². The van der Waals surface area contributed by atoms with E-state index in [1.165, 1.54) is 283 Å². The molecule has 4 unspecified atom stereocenters. The van der Waals surface area contributed by atoms with Crippen LogP contribution in [0.4, 0.5) is 0 Å². The van der Waals surface area contributed by atoms with Gasteiger partial charge in [-0.3, -0.25) is 37.3 Å². The van der Waals surface area contributed by atoms with Crippen molar-refractivity contribution >= 4 is 39.5 Å². The minimum absolute atomic E-state index is 0.107. The summed E-state index contributed by atoms with van der Waals surface area (Å²) < 4.78 is 68.9. The molecular weight excluding hydrogens is 1380 g/mol. The topological polar surface area (TPSA) is 237 Å². The van der Waals surface area contributed by atoms with E-state index in [0.29, 0.717) is 25.7 Å². The second kappa shape index (κ2) is 78.3. The third-order valence-electron chi connectivity index (χ3n) is 21.2. The van der Waals surface area contributed by atoms with Crippen molar-refractivity contribution in [3.63, 3.8) is 0 Å². The number of aliphatic hydroxyl groups excluding tert-OH is 1. The Kier molecular flexibility index (Phi) is 76.9. The van der Waals surface area contributed by atoms with Gasteiger partial charge in [-0.05, 0) is 37.5 Å². The molecule has 0 aromatic heterocycles. The van der Waals surface area contributed by atoms with E-state index in [2.05, 4.69) is 41.5 Å². The summed E-state index contributed by atoms with van der Waals surface area (Å²) in [6.07, 6.45) is 70.6. The first-order valence-electron chi connectivity index (χ1n) is 45.1. The Morgan fingerprint density at radius 3 is 0.670 bits per heavy atom. The van der Waals surface area contributed by atoms with Crippen LogP contribution in [-0.4, -0.2) is 96.7 Å². The van der Waals surface area contributed by atoms with Crippen molar-refractivity contribution in [1.29, 1.82) is 0 Å². The van der Waals surface area contributed by atoms with E-state index in [1.54, 1.807) is 0 Å². The first-order valence-corrected chi connectivity index (χ1v) is 48.1. The Hall–Kier alpha value is -1.94. The molecule has 7 atom stereocenters. The predicted molar refractivity (Wildman–Crippen MR) is 437 cm³/mol. The first-order chi connectivity index (χ1) is 51.4. The molecule has 17 nitrogen and oxygen atoms in total. The lowest BCUT2D eigenvalue weighted by molar-refractivity contribution is -0.161. The molecule has 0 saturated carbocycles.